The van der Waals surface area contributed by atoms with Crippen LogP contribution < -0.4 is 22.4 Å². The maximum absolute atomic E-state index is 11.7. The molecule has 2 rings (SSSR count). The van der Waals surface area contributed by atoms with Crippen LogP contribution >= 0.6 is 0 Å². The van der Waals surface area contributed by atoms with Gasteiger partial charge in [0.2, 0.25) is 0 Å². The van der Waals surface area contributed by atoms with Gasteiger partial charge in [0.05, 0.1) is 16.6 Å². The maximum Gasteiger partial charge on any atom is 0.314 e. The Morgan fingerprint density at radius 2 is 1.83 bits per heavy atom. The number of hydrogen-bond donors (Lipinski definition) is 4. The zero-order valence-electron chi connectivity index (χ0n) is 9.88. The van der Waals surface area contributed by atoms with Gasteiger partial charge in [0.1, 0.15) is 0 Å². The van der Waals surface area contributed by atoms with Crippen LogP contribution in [0.1, 0.15) is 21.5 Å². The summed E-state index contributed by atoms with van der Waals surface area (Å²) in [6.07, 6.45) is 0. The summed E-state index contributed by atoms with van der Waals surface area (Å²) in [4.78, 5) is 39.2. The first-order valence-corrected chi connectivity index (χ1v) is 5.23. The minimum atomic E-state index is -0.808. The Labute approximate surface area is 101 Å². The highest BCUT2D eigenvalue weighted by Gasteiger charge is 2.16. The Morgan fingerprint density at radius 1 is 1.22 bits per heavy atom. The highest BCUT2D eigenvalue weighted by Crippen LogP contribution is 2.20. The molecule has 1 aromatic carbocycles. The monoisotopic (exact) mass is 248 g/mol. The number of rotatable bonds is 1. The number of aromatic amines is 2. The first kappa shape index (κ1) is 12.1. The summed E-state index contributed by atoms with van der Waals surface area (Å²) in [5.41, 5.74) is 2.86. The molecule has 7 heteroatoms. The average Bonchev–Trinajstić information content (AvgIpc) is 2.33. The fourth-order valence-electron chi connectivity index (χ4n) is 1.85. The largest absolute Gasteiger partial charge is 0.316 e. The van der Waals surface area contributed by atoms with E-state index in [9.17, 15) is 14.4 Å². The number of hydrazine groups is 1. The Balaban J connectivity index is 3.01. The Bertz CT molecular complexity index is 757. The van der Waals surface area contributed by atoms with Gasteiger partial charge in [-0.05, 0) is 31.0 Å². The summed E-state index contributed by atoms with van der Waals surface area (Å²) in [7, 11) is 0. The summed E-state index contributed by atoms with van der Waals surface area (Å²) >= 11 is 0. The first-order valence-electron chi connectivity index (χ1n) is 5.23. The third-order valence-corrected chi connectivity index (χ3v) is 2.90. The molecule has 0 aliphatic heterocycles. The molecule has 0 saturated carbocycles. The highest BCUT2D eigenvalue weighted by molar-refractivity contribution is 6.06. The zero-order chi connectivity index (χ0) is 13.4. The van der Waals surface area contributed by atoms with Crippen LogP contribution in [-0.4, -0.2) is 15.9 Å². The van der Waals surface area contributed by atoms with E-state index in [1.807, 2.05) is 5.43 Å². The fraction of sp³-hybridized carbons (Fsp3) is 0.182. The van der Waals surface area contributed by atoms with Gasteiger partial charge in [0.25, 0.3) is 5.91 Å². The van der Waals surface area contributed by atoms with Gasteiger partial charge in [0.15, 0.2) is 0 Å². The normalized spacial score (nSPS) is 10.6. The fourth-order valence-corrected chi connectivity index (χ4v) is 1.85. The number of nitrogen functional groups attached to an aromatic ring is 1. The second-order valence-corrected chi connectivity index (χ2v) is 4.00. The molecule has 1 aromatic heterocycles. The van der Waals surface area contributed by atoms with Gasteiger partial charge in [-0.25, -0.2) is 5.84 Å². The highest BCUT2D eigenvalue weighted by atomic mass is 16.2. The SMILES string of the molecule is Cc1cc2[nH]c(=O)c(=O)[nH]c2c(C(=O)NN)c1C. The van der Waals surface area contributed by atoms with Crippen LogP contribution in [0.3, 0.4) is 0 Å². The molecule has 18 heavy (non-hydrogen) atoms. The van der Waals surface area contributed by atoms with Crippen molar-refractivity contribution < 1.29 is 4.79 Å². The molecule has 0 aliphatic carbocycles. The number of aromatic nitrogens is 2. The molecule has 1 amide bonds. The Hall–Kier alpha value is -2.41. The van der Waals surface area contributed by atoms with E-state index in [1.165, 1.54) is 0 Å². The zero-order valence-corrected chi connectivity index (χ0v) is 9.88. The van der Waals surface area contributed by atoms with Gasteiger partial charge >= 0.3 is 11.1 Å². The predicted molar refractivity (Wildman–Crippen MR) is 66.3 cm³/mol. The quantitative estimate of drug-likeness (QED) is 0.234. The van der Waals surface area contributed by atoms with Gasteiger partial charge in [-0.3, -0.25) is 19.8 Å². The van der Waals surface area contributed by atoms with E-state index in [1.54, 1.807) is 19.9 Å². The van der Waals surface area contributed by atoms with E-state index in [4.69, 9.17) is 5.84 Å². The molecule has 0 unspecified atom stereocenters. The average molecular weight is 248 g/mol. The van der Waals surface area contributed by atoms with Gasteiger partial charge in [-0.15, -0.1) is 0 Å². The predicted octanol–water partition coefficient (Wildman–Crippen LogP) is -0.563. The molecule has 0 atom stereocenters. The number of nitrogens with one attached hydrogen (secondary N) is 3. The van der Waals surface area contributed by atoms with Gasteiger partial charge in [0, 0.05) is 0 Å². The van der Waals surface area contributed by atoms with E-state index in [0.29, 0.717) is 11.1 Å². The van der Waals surface area contributed by atoms with Crippen molar-refractivity contribution in [2.45, 2.75) is 13.8 Å². The molecule has 0 aliphatic rings. The molecule has 0 saturated heterocycles. The van der Waals surface area contributed by atoms with Crippen LogP contribution in [0.25, 0.3) is 11.0 Å². The topological polar surface area (TPSA) is 121 Å². The van der Waals surface area contributed by atoms with Crippen LogP contribution in [0.15, 0.2) is 15.7 Å². The van der Waals surface area contributed by atoms with Crippen molar-refractivity contribution in [3.8, 4) is 0 Å². The summed E-state index contributed by atoms with van der Waals surface area (Å²) in [5, 5.41) is 0. The van der Waals surface area contributed by atoms with Gasteiger partial charge < -0.3 is 9.97 Å². The lowest BCUT2D eigenvalue weighted by Gasteiger charge is -2.10. The smallest absolute Gasteiger partial charge is 0.314 e. The lowest BCUT2D eigenvalue weighted by atomic mass is 10.0. The number of H-pyrrole nitrogens is 2. The molecule has 5 N–H and O–H groups in total. The van der Waals surface area contributed by atoms with Crippen molar-refractivity contribution in [1.82, 2.24) is 15.4 Å². The van der Waals surface area contributed by atoms with Crippen molar-refractivity contribution in [1.29, 1.82) is 0 Å². The maximum atomic E-state index is 11.7. The Morgan fingerprint density at radius 3 is 2.44 bits per heavy atom. The number of amides is 1. The summed E-state index contributed by atoms with van der Waals surface area (Å²) in [6, 6.07) is 1.69. The number of benzene rings is 1. The third-order valence-electron chi connectivity index (χ3n) is 2.90. The number of carbonyl (C=O) groups is 1. The third kappa shape index (κ3) is 1.70. The molecule has 1 heterocycles. The van der Waals surface area contributed by atoms with Gasteiger partial charge in [-0.1, -0.05) is 0 Å². The van der Waals surface area contributed by atoms with E-state index in [-0.39, 0.29) is 11.1 Å². The molecule has 2 aromatic rings. The van der Waals surface area contributed by atoms with Crippen LogP contribution in [0.2, 0.25) is 0 Å². The van der Waals surface area contributed by atoms with E-state index >= 15 is 0 Å². The second-order valence-electron chi connectivity index (χ2n) is 4.00. The van der Waals surface area contributed by atoms with E-state index in [2.05, 4.69) is 9.97 Å². The van der Waals surface area contributed by atoms with Crippen LogP contribution in [0.4, 0.5) is 0 Å². The number of nitrogens with two attached hydrogens (primary N) is 1. The summed E-state index contributed by atoms with van der Waals surface area (Å²) < 4.78 is 0. The minimum absolute atomic E-state index is 0.251. The molecule has 0 spiro atoms. The van der Waals surface area contributed by atoms with Crippen molar-refractivity contribution in [2.24, 2.45) is 5.84 Å². The molecule has 0 fully saturated rings. The lowest BCUT2D eigenvalue weighted by molar-refractivity contribution is 0.0954. The van der Waals surface area contributed by atoms with Crippen LogP contribution in [-0.2, 0) is 0 Å². The molecule has 7 nitrogen and oxygen atoms in total. The Kier molecular flexibility index (Phi) is 2.76. The van der Waals surface area contributed by atoms with Crippen molar-refractivity contribution in [2.75, 3.05) is 0 Å². The molecule has 94 valence electrons. The number of hydrogen-bond acceptors (Lipinski definition) is 4. The standard InChI is InChI=1S/C11H12N4O3/c1-4-3-6-8(14-11(18)10(17)13-6)7(5(4)2)9(16)15-12/h3H,12H2,1-2H3,(H,13,17)(H,14,18)(H,15,16). The van der Waals surface area contributed by atoms with Crippen molar-refractivity contribution in [3.05, 3.63) is 43.5 Å². The van der Waals surface area contributed by atoms with Crippen LogP contribution in [0, 0.1) is 13.8 Å². The molecular formula is C11H12N4O3. The molecular weight excluding hydrogens is 236 g/mol. The molecule has 0 bridgehead atoms. The summed E-state index contributed by atoms with van der Waals surface area (Å²) in [6.45, 7) is 3.54. The van der Waals surface area contributed by atoms with E-state index in [0.717, 1.165) is 5.56 Å². The van der Waals surface area contributed by atoms with Gasteiger partial charge in [-0.2, -0.15) is 0 Å². The van der Waals surface area contributed by atoms with E-state index < -0.39 is 17.0 Å². The minimum Gasteiger partial charge on any atom is -0.316 e. The number of aryl methyl sites for hydroxylation is 1. The van der Waals surface area contributed by atoms with Crippen molar-refractivity contribution >= 4 is 16.9 Å². The van der Waals surface area contributed by atoms with Crippen LogP contribution in [0.5, 0.6) is 0 Å². The lowest BCUT2D eigenvalue weighted by Crippen LogP contribution is -2.33. The first-order chi connectivity index (χ1) is 8.45. The van der Waals surface area contributed by atoms with Crippen molar-refractivity contribution in [3.63, 3.8) is 0 Å². The molecule has 0 radical (unpaired) electrons. The second kappa shape index (κ2) is 4.11. The number of carbonyl (C=O) groups excluding carboxylic acids is 1. The number of fused-ring (bicyclic) bond motifs is 1. The summed E-state index contributed by atoms with van der Waals surface area (Å²) in [5.74, 6) is 4.59.